The quantitative estimate of drug-likeness (QED) is 0.0261. The Balaban J connectivity index is 4.23. The molecule has 0 spiro atoms. The molecule has 6 heteroatoms. The molecule has 0 aromatic carbocycles. The van der Waals surface area contributed by atoms with E-state index in [-0.39, 0.29) is 31.1 Å². The van der Waals surface area contributed by atoms with Crippen molar-refractivity contribution < 1.29 is 28.6 Å². The summed E-state index contributed by atoms with van der Waals surface area (Å²) in [5.74, 6) is -0.906. The van der Waals surface area contributed by atoms with Gasteiger partial charge in [-0.05, 0) is 103 Å². The standard InChI is InChI=1S/C65H110O6/c1-4-7-10-13-16-18-20-22-24-26-28-30-31-32-33-35-36-38-40-42-44-46-49-52-55-58-64(67)70-61-62(60-69-63(66)57-54-51-48-15-12-9-6-3)71-65(68)59-56-53-50-47-45-43-41-39-37-34-29-27-25-23-21-19-17-14-11-8-5-2/h7,10,16,18,21-24,27-30,32-33,37,39,62H,4-6,8-9,11-15,17,19-20,25-26,31,34-36,38,40-61H2,1-3H3/b10-7-,18-16-,23-21-,24-22-,29-27-,30-28-,33-32-,39-37-. The Morgan fingerprint density at radius 2 is 0.549 bits per heavy atom. The summed E-state index contributed by atoms with van der Waals surface area (Å²) in [5, 5.41) is 0. The van der Waals surface area contributed by atoms with Crippen molar-refractivity contribution in [2.45, 2.75) is 284 Å². The number of ether oxygens (including phenoxy) is 3. The lowest BCUT2D eigenvalue weighted by Crippen LogP contribution is -2.30. The van der Waals surface area contributed by atoms with Crippen LogP contribution in [0.2, 0.25) is 0 Å². The molecular formula is C65H110O6. The molecule has 406 valence electrons. The van der Waals surface area contributed by atoms with Crippen molar-refractivity contribution in [3.05, 3.63) is 97.2 Å². The zero-order chi connectivity index (χ0) is 51.4. The molecule has 0 aliphatic heterocycles. The van der Waals surface area contributed by atoms with Crippen LogP contribution in [-0.4, -0.2) is 37.2 Å². The van der Waals surface area contributed by atoms with Crippen LogP contribution in [-0.2, 0) is 28.6 Å². The third-order valence-electron chi connectivity index (χ3n) is 12.6. The van der Waals surface area contributed by atoms with E-state index in [2.05, 4.69) is 118 Å². The Bertz CT molecular complexity index is 1410. The van der Waals surface area contributed by atoms with Crippen molar-refractivity contribution in [3.8, 4) is 0 Å². The van der Waals surface area contributed by atoms with Gasteiger partial charge in [0, 0.05) is 19.3 Å². The average Bonchev–Trinajstić information content (AvgIpc) is 3.37. The molecule has 0 bridgehead atoms. The molecule has 0 amide bonds. The van der Waals surface area contributed by atoms with Gasteiger partial charge in [0.15, 0.2) is 6.10 Å². The van der Waals surface area contributed by atoms with Crippen LogP contribution in [0.15, 0.2) is 97.2 Å². The summed E-state index contributed by atoms with van der Waals surface area (Å²) in [7, 11) is 0. The molecule has 0 radical (unpaired) electrons. The van der Waals surface area contributed by atoms with Gasteiger partial charge in [0.2, 0.25) is 0 Å². The molecule has 0 rings (SSSR count). The van der Waals surface area contributed by atoms with E-state index in [9.17, 15) is 14.4 Å². The molecule has 1 atom stereocenters. The first-order valence-corrected chi connectivity index (χ1v) is 29.7. The van der Waals surface area contributed by atoms with Crippen LogP contribution in [0.1, 0.15) is 278 Å². The second-order valence-electron chi connectivity index (χ2n) is 19.5. The molecular weight excluding hydrogens is 877 g/mol. The van der Waals surface area contributed by atoms with Crippen molar-refractivity contribution in [2.24, 2.45) is 0 Å². The minimum Gasteiger partial charge on any atom is -0.462 e. The fraction of sp³-hybridized carbons (Fsp3) is 0.708. The molecule has 0 fully saturated rings. The second-order valence-corrected chi connectivity index (χ2v) is 19.5. The van der Waals surface area contributed by atoms with E-state index in [1.807, 2.05) is 0 Å². The topological polar surface area (TPSA) is 78.9 Å². The lowest BCUT2D eigenvalue weighted by molar-refractivity contribution is -0.167. The first kappa shape index (κ1) is 67.3. The largest absolute Gasteiger partial charge is 0.462 e. The van der Waals surface area contributed by atoms with Gasteiger partial charge in [0.25, 0.3) is 0 Å². The Labute approximate surface area is 438 Å². The van der Waals surface area contributed by atoms with Crippen LogP contribution < -0.4 is 0 Å². The number of hydrogen-bond donors (Lipinski definition) is 0. The zero-order valence-electron chi connectivity index (χ0n) is 46.5. The molecule has 6 nitrogen and oxygen atoms in total. The molecule has 0 saturated heterocycles. The fourth-order valence-corrected chi connectivity index (χ4v) is 8.12. The predicted octanol–water partition coefficient (Wildman–Crippen LogP) is 20.1. The Morgan fingerprint density at radius 1 is 0.296 bits per heavy atom. The normalized spacial score (nSPS) is 12.8. The summed E-state index contributed by atoms with van der Waals surface area (Å²) in [6.07, 6.45) is 78.5. The highest BCUT2D eigenvalue weighted by Crippen LogP contribution is 2.15. The van der Waals surface area contributed by atoms with E-state index in [0.29, 0.717) is 19.3 Å². The van der Waals surface area contributed by atoms with E-state index < -0.39 is 6.10 Å². The highest BCUT2D eigenvalue weighted by Gasteiger charge is 2.19. The Morgan fingerprint density at radius 3 is 0.859 bits per heavy atom. The molecule has 0 aromatic rings. The average molecular weight is 988 g/mol. The van der Waals surface area contributed by atoms with E-state index in [4.69, 9.17) is 14.2 Å². The van der Waals surface area contributed by atoms with Crippen molar-refractivity contribution in [3.63, 3.8) is 0 Å². The van der Waals surface area contributed by atoms with Gasteiger partial charge in [-0.3, -0.25) is 14.4 Å². The van der Waals surface area contributed by atoms with E-state index >= 15 is 0 Å². The minimum atomic E-state index is -0.785. The van der Waals surface area contributed by atoms with Gasteiger partial charge >= 0.3 is 17.9 Å². The summed E-state index contributed by atoms with van der Waals surface area (Å²) >= 11 is 0. The second kappa shape index (κ2) is 58.9. The molecule has 0 heterocycles. The highest BCUT2D eigenvalue weighted by molar-refractivity contribution is 5.71. The van der Waals surface area contributed by atoms with Crippen molar-refractivity contribution in [2.75, 3.05) is 13.2 Å². The molecule has 0 aliphatic rings. The van der Waals surface area contributed by atoms with Gasteiger partial charge in [-0.1, -0.05) is 253 Å². The molecule has 0 aliphatic carbocycles. The number of allylic oxidation sites excluding steroid dienone is 16. The number of carbonyl (C=O) groups excluding carboxylic acids is 3. The van der Waals surface area contributed by atoms with E-state index in [1.54, 1.807) is 0 Å². The van der Waals surface area contributed by atoms with Crippen molar-refractivity contribution in [1.29, 1.82) is 0 Å². The van der Waals surface area contributed by atoms with Crippen LogP contribution in [0.4, 0.5) is 0 Å². The number of hydrogen-bond acceptors (Lipinski definition) is 6. The van der Waals surface area contributed by atoms with Gasteiger partial charge in [0.1, 0.15) is 13.2 Å². The lowest BCUT2D eigenvalue weighted by Gasteiger charge is -2.18. The number of rotatable bonds is 53. The summed E-state index contributed by atoms with van der Waals surface area (Å²) in [4.78, 5) is 38.0. The monoisotopic (exact) mass is 987 g/mol. The van der Waals surface area contributed by atoms with Crippen LogP contribution in [0.3, 0.4) is 0 Å². The summed E-state index contributed by atoms with van der Waals surface area (Å²) in [6, 6.07) is 0. The number of carbonyl (C=O) groups is 3. The van der Waals surface area contributed by atoms with E-state index in [0.717, 1.165) is 122 Å². The first-order valence-electron chi connectivity index (χ1n) is 29.7. The third-order valence-corrected chi connectivity index (χ3v) is 12.6. The SMILES string of the molecule is CC/C=C\C/C=C\C/C=C\C/C=C\C/C=C\CCCCCCCCCCCC(=O)OCC(COC(=O)CCCCCCCCC)OC(=O)CCCCCCCC/C=C\C/C=C\C/C=C\CCCCCCC. The predicted molar refractivity (Wildman–Crippen MR) is 307 cm³/mol. The van der Waals surface area contributed by atoms with Crippen molar-refractivity contribution in [1.82, 2.24) is 0 Å². The lowest BCUT2D eigenvalue weighted by atomic mass is 10.1. The maximum Gasteiger partial charge on any atom is 0.306 e. The Hall–Kier alpha value is -3.67. The molecule has 1 unspecified atom stereocenters. The minimum absolute atomic E-state index is 0.0842. The van der Waals surface area contributed by atoms with Crippen LogP contribution >= 0.6 is 0 Å². The third kappa shape index (κ3) is 57.1. The van der Waals surface area contributed by atoms with Gasteiger partial charge < -0.3 is 14.2 Å². The Kier molecular flexibility index (Phi) is 55.9. The van der Waals surface area contributed by atoms with Crippen LogP contribution in [0, 0.1) is 0 Å². The fourth-order valence-electron chi connectivity index (χ4n) is 8.12. The smallest absolute Gasteiger partial charge is 0.306 e. The molecule has 71 heavy (non-hydrogen) atoms. The van der Waals surface area contributed by atoms with E-state index in [1.165, 1.54) is 116 Å². The maximum absolute atomic E-state index is 12.8. The number of esters is 3. The molecule has 0 saturated carbocycles. The van der Waals surface area contributed by atoms with Gasteiger partial charge in [0.05, 0.1) is 0 Å². The van der Waals surface area contributed by atoms with Crippen LogP contribution in [0.25, 0.3) is 0 Å². The first-order chi connectivity index (χ1) is 35.0. The van der Waals surface area contributed by atoms with Crippen LogP contribution in [0.5, 0.6) is 0 Å². The maximum atomic E-state index is 12.8. The highest BCUT2D eigenvalue weighted by atomic mass is 16.6. The summed E-state index contributed by atoms with van der Waals surface area (Å²) < 4.78 is 16.8. The summed E-state index contributed by atoms with van der Waals surface area (Å²) in [5.41, 5.74) is 0. The van der Waals surface area contributed by atoms with Crippen molar-refractivity contribution >= 4 is 17.9 Å². The van der Waals surface area contributed by atoms with Gasteiger partial charge in [-0.25, -0.2) is 0 Å². The van der Waals surface area contributed by atoms with Gasteiger partial charge in [-0.2, -0.15) is 0 Å². The molecule has 0 N–H and O–H groups in total. The summed E-state index contributed by atoms with van der Waals surface area (Å²) in [6.45, 7) is 6.47. The zero-order valence-corrected chi connectivity index (χ0v) is 46.5. The number of unbranched alkanes of at least 4 members (excludes halogenated alkanes) is 26. The molecule has 0 aromatic heterocycles. The van der Waals surface area contributed by atoms with Gasteiger partial charge in [-0.15, -0.1) is 0 Å².